The van der Waals surface area contributed by atoms with Gasteiger partial charge in [-0.05, 0) is 146 Å². The summed E-state index contributed by atoms with van der Waals surface area (Å²) >= 11 is 0. The van der Waals surface area contributed by atoms with Crippen molar-refractivity contribution in [1.82, 2.24) is 40.6 Å². The van der Waals surface area contributed by atoms with Crippen LogP contribution >= 0.6 is 0 Å². The summed E-state index contributed by atoms with van der Waals surface area (Å²) in [5.41, 5.74) is 0.121. The van der Waals surface area contributed by atoms with Gasteiger partial charge >= 0.3 is 24.1 Å². The largest absolute Gasteiger partial charge is 0.457 e. The Bertz CT molecular complexity index is 3180. The number of carbonyl (C=O) groups is 9. The number of unbranched alkanes of at least 4 members (excludes halogenated alkanes) is 3. The summed E-state index contributed by atoms with van der Waals surface area (Å²) in [6.45, 7) is 12.8. The average Bonchev–Trinajstić information content (AvgIpc) is 1.47. The number of aryl methyl sites for hydroxylation is 1. The molecular weight excluding hydrogens is 1160 g/mol. The number of hydrogen-bond donors (Lipinski definition) is 4. The van der Waals surface area contributed by atoms with Crippen LogP contribution in [-0.4, -0.2) is 176 Å². The Hall–Kier alpha value is -7.61. The van der Waals surface area contributed by atoms with Gasteiger partial charge in [-0.15, -0.1) is 0 Å². The quantitative estimate of drug-likeness (QED) is 0.0213. The van der Waals surface area contributed by atoms with E-state index in [-0.39, 0.29) is 93.5 Å². The molecule has 0 spiro atoms. The Labute approximate surface area is 524 Å². The number of fused-ring (bicyclic) bond motifs is 5. The highest BCUT2D eigenvalue weighted by Gasteiger charge is 2.51. The zero-order valence-corrected chi connectivity index (χ0v) is 52.6. The van der Waals surface area contributed by atoms with Crippen LogP contribution in [0.3, 0.4) is 0 Å². The Morgan fingerprint density at radius 3 is 2.20 bits per heavy atom. The van der Waals surface area contributed by atoms with E-state index in [2.05, 4.69) is 26.2 Å². The van der Waals surface area contributed by atoms with Crippen molar-refractivity contribution in [3.63, 3.8) is 0 Å². The van der Waals surface area contributed by atoms with Gasteiger partial charge in [0.05, 0.1) is 68.0 Å². The lowest BCUT2D eigenvalue weighted by Crippen LogP contribution is -2.51. The number of rotatable bonds is 31. The van der Waals surface area contributed by atoms with Crippen LogP contribution in [0.15, 0.2) is 41.2 Å². The number of aromatic nitrogens is 2. The number of ketones is 2. The van der Waals surface area contributed by atoms with Gasteiger partial charge in [0.15, 0.2) is 11.6 Å². The molecule has 25 nitrogen and oxygen atoms in total. The highest BCUT2D eigenvalue weighted by Crippen LogP contribution is 2.43. The number of pyridine rings is 2. The number of nitrogens with one attached hydrogen (secondary N) is 4. The van der Waals surface area contributed by atoms with Crippen molar-refractivity contribution in [3.05, 3.63) is 69.0 Å². The van der Waals surface area contributed by atoms with Crippen LogP contribution in [0.1, 0.15) is 147 Å². The summed E-state index contributed by atoms with van der Waals surface area (Å²) in [6.07, 6.45) is 11.2. The number of benzene rings is 1. The first-order valence-electron chi connectivity index (χ1n) is 31.9. The Morgan fingerprint density at radius 1 is 0.778 bits per heavy atom. The molecule has 4 N–H and O–H groups in total. The summed E-state index contributed by atoms with van der Waals surface area (Å²) in [7, 11) is 0. The molecule has 1 aliphatic carbocycles. The molecule has 4 aliphatic heterocycles. The lowest BCUT2D eigenvalue weighted by molar-refractivity contribution is -0.189. The molecular formula is C65H88N8O17. The van der Waals surface area contributed by atoms with Crippen molar-refractivity contribution >= 4 is 64.3 Å². The molecule has 1 unspecified atom stereocenters. The summed E-state index contributed by atoms with van der Waals surface area (Å²) < 4.78 is 40.9. The van der Waals surface area contributed by atoms with Gasteiger partial charge < -0.3 is 68.8 Å². The van der Waals surface area contributed by atoms with E-state index >= 15 is 0 Å². The average molecular weight is 1250 g/mol. The van der Waals surface area contributed by atoms with E-state index in [1.807, 2.05) is 13.0 Å². The van der Waals surface area contributed by atoms with Gasteiger partial charge in [0.1, 0.15) is 37.2 Å². The molecule has 2 atom stereocenters. The predicted molar refractivity (Wildman–Crippen MR) is 328 cm³/mol. The minimum Gasteiger partial charge on any atom is -0.457 e. The minimum atomic E-state index is -2.07. The van der Waals surface area contributed by atoms with Crippen molar-refractivity contribution in [2.45, 2.75) is 167 Å². The van der Waals surface area contributed by atoms with Gasteiger partial charge in [-0.1, -0.05) is 33.1 Å². The van der Waals surface area contributed by atoms with Gasteiger partial charge in [-0.25, -0.2) is 19.4 Å². The fraction of sp³-hybridized carbons (Fsp3) is 0.615. The van der Waals surface area contributed by atoms with Crippen molar-refractivity contribution in [3.8, 4) is 17.1 Å². The van der Waals surface area contributed by atoms with Gasteiger partial charge in [0.2, 0.25) is 23.3 Å². The smallest absolute Gasteiger partial charge is 0.415 e. The van der Waals surface area contributed by atoms with E-state index in [1.54, 1.807) is 55.4 Å². The van der Waals surface area contributed by atoms with Gasteiger partial charge in [-0.2, -0.15) is 0 Å². The van der Waals surface area contributed by atoms with Crippen molar-refractivity contribution in [2.75, 3.05) is 85.5 Å². The molecule has 2 fully saturated rings. The van der Waals surface area contributed by atoms with Crippen LogP contribution in [0.4, 0.5) is 9.59 Å². The lowest BCUT2D eigenvalue weighted by Gasteiger charge is -2.39. The molecule has 6 heterocycles. The van der Waals surface area contributed by atoms with E-state index in [0.717, 1.165) is 48.9 Å². The molecule has 0 bridgehead atoms. The fourth-order valence-electron chi connectivity index (χ4n) is 12.2. The second-order valence-corrected chi connectivity index (χ2v) is 24.4. The number of allylic oxidation sites excluding steroid dienone is 2. The van der Waals surface area contributed by atoms with Crippen LogP contribution < -0.4 is 31.6 Å². The van der Waals surface area contributed by atoms with E-state index in [4.69, 9.17) is 38.1 Å². The van der Waals surface area contributed by atoms with E-state index in [9.17, 15) is 47.9 Å². The molecule has 90 heavy (non-hydrogen) atoms. The monoisotopic (exact) mass is 1250 g/mol. The number of cyclic esters (lactones) is 1. The predicted octanol–water partition coefficient (Wildman–Crippen LogP) is 5.38. The lowest BCUT2D eigenvalue weighted by atomic mass is 9.85. The third-order valence-electron chi connectivity index (χ3n) is 16.9. The zero-order chi connectivity index (χ0) is 64.4. The Kier molecular flexibility index (Phi) is 24.6. The summed E-state index contributed by atoms with van der Waals surface area (Å²) in [5.74, 6) is -3.58. The van der Waals surface area contributed by atoms with Crippen LogP contribution in [-0.2, 0) is 87.2 Å². The fourth-order valence-corrected chi connectivity index (χ4v) is 12.2. The summed E-state index contributed by atoms with van der Waals surface area (Å²) in [5, 5.41) is 11.4. The second kappa shape index (κ2) is 32.4. The van der Waals surface area contributed by atoms with Gasteiger partial charge in [0.25, 0.3) is 5.56 Å². The first-order valence-corrected chi connectivity index (χ1v) is 31.9. The van der Waals surface area contributed by atoms with Crippen molar-refractivity contribution in [1.29, 1.82) is 0 Å². The first-order chi connectivity index (χ1) is 43.3. The maximum atomic E-state index is 14.5. The second-order valence-electron chi connectivity index (χ2n) is 24.4. The molecule has 0 saturated carbocycles. The van der Waals surface area contributed by atoms with Gasteiger partial charge in [0, 0.05) is 55.2 Å². The van der Waals surface area contributed by atoms with Crippen LogP contribution in [0.2, 0.25) is 0 Å². The summed E-state index contributed by atoms with van der Waals surface area (Å²) in [4.78, 5) is 140. The van der Waals surface area contributed by atoms with E-state index < -0.39 is 65.3 Å². The number of piperidine rings is 2. The molecule has 8 rings (SSSR count). The third kappa shape index (κ3) is 18.1. The molecule has 1 aromatic carbocycles. The van der Waals surface area contributed by atoms with Crippen LogP contribution in [0.25, 0.3) is 22.3 Å². The van der Waals surface area contributed by atoms with Gasteiger partial charge in [-0.3, -0.25) is 33.6 Å². The highest BCUT2D eigenvalue weighted by atomic mass is 16.6. The van der Waals surface area contributed by atoms with Crippen LogP contribution in [0.5, 0.6) is 5.75 Å². The standard InChI is InChI=1S/C65H88N8O17/c1-6-44-46-36-43(88-63(83)72-29-23-42(24-30-72)71-27-14-9-15-28-71)19-20-50(46)69-58-47(44)39-73-52(58)37-49-48(60(73)80)40-87-61(81)65(49,7-2)89-57(78)38-68-59(79)51(70-62(82)90-64(3,4)5)17-12-13-25-66-56(77)41-86-35-34-85-33-32-84-31-26-67-55(76)18-11-8-10-16-45-53(74)21-22-54(45)75/h19-22,36-37,42,45,51H,6-18,23-35,38-41H2,1-5H3,(H,66,77)(H,67,76)(H,68,79)(H,70,82)/t51?,65-/m0/s1. The number of carbonyl (C=O) groups excluding carboxylic acids is 9. The molecule has 5 amide bonds. The maximum absolute atomic E-state index is 14.5. The maximum Gasteiger partial charge on any atom is 0.415 e. The number of amides is 5. The molecule has 25 heteroatoms. The van der Waals surface area contributed by atoms with Crippen LogP contribution in [0, 0.1) is 5.92 Å². The molecule has 490 valence electrons. The molecule has 2 saturated heterocycles. The number of alkyl carbamates (subject to hydrolysis) is 1. The number of nitrogens with zero attached hydrogens (tertiary/aromatic N) is 4. The highest BCUT2D eigenvalue weighted by molar-refractivity contribution is 6.18. The first kappa shape index (κ1) is 68.3. The zero-order valence-electron chi connectivity index (χ0n) is 52.6. The normalized spacial score (nSPS) is 17.9. The molecule has 0 radical (unpaired) electrons. The Morgan fingerprint density at radius 2 is 1.49 bits per heavy atom. The number of likely N-dealkylation sites (tertiary alicyclic amines) is 2. The SMILES string of the molecule is CCc1c2c(nc3ccc(OC(=O)N4CCC(N5CCCCC5)CC4)cc13)-c1cc3c(c(=O)n1C2)COC(=O)[C@@]3(CC)OC(=O)CNC(=O)C(CCCCNC(=O)COCCOCCOCCNC(=O)CCCCCC1C(=O)C=CC1=O)NC(=O)OC(C)(C)C. The number of ether oxygens (including phenoxy) is 7. The number of hydrogen-bond acceptors (Lipinski definition) is 19. The minimum absolute atomic E-state index is 0.0863. The third-order valence-corrected chi connectivity index (χ3v) is 16.9. The molecule has 3 aromatic rings. The number of esters is 2. The topological polar surface area (TPSA) is 308 Å². The van der Waals surface area contributed by atoms with E-state index in [1.165, 1.54) is 31.4 Å². The molecule has 5 aliphatic rings. The van der Waals surface area contributed by atoms with E-state index in [0.29, 0.717) is 106 Å². The molecule has 2 aromatic heterocycles. The van der Waals surface area contributed by atoms with Crippen molar-refractivity contribution in [2.24, 2.45) is 5.92 Å². The summed E-state index contributed by atoms with van der Waals surface area (Å²) in [6, 6.07) is 6.27. The van der Waals surface area contributed by atoms with Crippen molar-refractivity contribution < 1.29 is 76.3 Å². The Balaban J connectivity index is 0.769.